The van der Waals surface area contributed by atoms with E-state index in [1.54, 1.807) is 0 Å². The highest BCUT2D eigenvalue weighted by atomic mass is 19.2. The second-order valence-electron chi connectivity index (χ2n) is 5.38. The number of hydroxylamine groups is 1. The third kappa shape index (κ3) is 5.47. The van der Waals surface area contributed by atoms with Gasteiger partial charge in [0.05, 0.1) is 36.8 Å². The maximum Gasteiger partial charge on any atom is 0.277 e. The Bertz CT molecular complexity index is 910. The van der Waals surface area contributed by atoms with Crippen molar-refractivity contribution in [2.45, 2.75) is 6.42 Å². The Hall–Kier alpha value is -3.06. The summed E-state index contributed by atoms with van der Waals surface area (Å²) in [5.41, 5.74) is 1.17. The number of amides is 1. The van der Waals surface area contributed by atoms with Gasteiger partial charge in [0.15, 0.2) is 11.6 Å². The van der Waals surface area contributed by atoms with Crippen molar-refractivity contribution in [3.05, 3.63) is 58.9 Å². The number of carbonyl (C=O) groups is 1. The van der Waals surface area contributed by atoms with E-state index < -0.39 is 29.0 Å². The molecule has 28 heavy (non-hydrogen) atoms. The van der Waals surface area contributed by atoms with E-state index in [9.17, 15) is 18.0 Å². The lowest BCUT2D eigenvalue weighted by atomic mass is 10.1. The molecule has 0 radical (unpaired) electrons. The molecule has 0 atom stereocenters. The van der Waals surface area contributed by atoms with Gasteiger partial charge in [0.2, 0.25) is 0 Å². The first kappa shape index (κ1) is 21.2. The molecule has 0 fully saturated rings. The van der Waals surface area contributed by atoms with Gasteiger partial charge < -0.3 is 15.5 Å². The predicted octanol–water partition coefficient (Wildman–Crippen LogP) is 2.24. The molecule has 1 amide bonds. The van der Waals surface area contributed by atoms with Crippen molar-refractivity contribution in [3.63, 3.8) is 0 Å². The number of halogens is 3. The van der Waals surface area contributed by atoms with E-state index >= 15 is 0 Å². The highest BCUT2D eigenvalue weighted by Gasteiger charge is 2.20. The van der Waals surface area contributed by atoms with Crippen LogP contribution in [-0.4, -0.2) is 35.9 Å². The molecule has 2 rings (SSSR count). The zero-order valence-corrected chi connectivity index (χ0v) is 14.6. The fraction of sp³-hybridized carbons (Fsp3) is 0.211. The number of hydrogen-bond acceptors (Lipinski definition) is 5. The first-order valence-electron chi connectivity index (χ1n) is 8.15. The van der Waals surface area contributed by atoms with Gasteiger partial charge in [-0.3, -0.25) is 9.63 Å². The molecule has 0 unspecified atom stereocenters. The van der Waals surface area contributed by atoms with Gasteiger partial charge in [0, 0.05) is 12.0 Å². The molecule has 0 spiro atoms. The highest BCUT2D eigenvalue weighted by molar-refractivity contribution is 6.00. The third-order valence-electron chi connectivity index (χ3n) is 3.40. The number of hydrogen-bond donors (Lipinski definition) is 4. The number of rotatable bonds is 7. The standard InChI is InChI=1S/C19H17F3N2O4/c20-14-6-5-13(19(27)24-28-10-9-26)18(17(14)22)23-16-7-4-12(11-15(16)21)3-1-2-8-25/h4-7,11,23,25-26H,2,8-10H2,(H,24,27). The van der Waals surface area contributed by atoms with Crippen molar-refractivity contribution in [2.75, 3.05) is 25.1 Å². The zero-order valence-electron chi connectivity index (χ0n) is 14.6. The minimum Gasteiger partial charge on any atom is -0.395 e. The van der Waals surface area contributed by atoms with Gasteiger partial charge in [-0.2, -0.15) is 0 Å². The van der Waals surface area contributed by atoms with E-state index in [0.717, 1.165) is 18.2 Å². The van der Waals surface area contributed by atoms with Crippen molar-refractivity contribution in [3.8, 4) is 11.8 Å². The Labute approximate surface area is 158 Å². The number of benzene rings is 2. The summed E-state index contributed by atoms with van der Waals surface area (Å²) in [5, 5.41) is 19.7. The number of aliphatic hydroxyl groups is 2. The maximum absolute atomic E-state index is 14.3. The molecular formula is C19H17F3N2O4. The maximum atomic E-state index is 14.3. The summed E-state index contributed by atoms with van der Waals surface area (Å²) in [6.07, 6.45) is 0.229. The lowest BCUT2D eigenvalue weighted by molar-refractivity contribution is 0.0168. The second kappa shape index (κ2) is 10.3. The molecule has 0 saturated carbocycles. The first-order chi connectivity index (χ1) is 13.5. The van der Waals surface area contributed by atoms with Gasteiger partial charge in [-0.25, -0.2) is 18.7 Å². The number of aliphatic hydroxyl groups excluding tert-OH is 2. The Balaban J connectivity index is 2.31. The van der Waals surface area contributed by atoms with E-state index in [1.807, 2.05) is 5.48 Å². The van der Waals surface area contributed by atoms with Gasteiger partial charge >= 0.3 is 0 Å². The van der Waals surface area contributed by atoms with E-state index in [1.165, 1.54) is 12.1 Å². The molecule has 0 saturated heterocycles. The summed E-state index contributed by atoms with van der Waals surface area (Å²) in [6.45, 7) is -0.686. The zero-order chi connectivity index (χ0) is 20.5. The number of anilines is 2. The van der Waals surface area contributed by atoms with Crippen LogP contribution in [0, 0.1) is 29.3 Å². The van der Waals surface area contributed by atoms with Crippen LogP contribution in [0.5, 0.6) is 0 Å². The second-order valence-corrected chi connectivity index (χ2v) is 5.38. The van der Waals surface area contributed by atoms with Crippen molar-refractivity contribution in [2.24, 2.45) is 0 Å². The van der Waals surface area contributed by atoms with E-state index in [2.05, 4.69) is 22.0 Å². The Kier molecular flexibility index (Phi) is 7.83. The van der Waals surface area contributed by atoms with Crippen LogP contribution in [0.2, 0.25) is 0 Å². The molecule has 2 aromatic rings. The molecule has 0 aliphatic rings. The summed E-state index contributed by atoms with van der Waals surface area (Å²) < 4.78 is 42.2. The molecule has 4 N–H and O–H groups in total. The molecule has 0 aliphatic heterocycles. The Morgan fingerprint density at radius 3 is 2.54 bits per heavy atom. The smallest absolute Gasteiger partial charge is 0.277 e. The van der Waals surface area contributed by atoms with Crippen LogP contribution in [0.3, 0.4) is 0 Å². The van der Waals surface area contributed by atoms with Crippen LogP contribution in [0.1, 0.15) is 22.3 Å². The third-order valence-corrected chi connectivity index (χ3v) is 3.40. The summed E-state index contributed by atoms with van der Waals surface area (Å²) in [7, 11) is 0. The van der Waals surface area contributed by atoms with Crippen LogP contribution in [0.4, 0.5) is 24.5 Å². The minimum absolute atomic E-state index is 0.124. The SMILES string of the molecule is O=C(NOCCO)c1ccc(F)c(F)c1Nc1ccc(C#CCCO)cc1F. The molecule has 0 aromatic heterocycles. The monoisotopic (exact) mass is 394 g/mol. The minimum atomic E-state index is -1.37. The first-order valence-corrected chi connectivity index (χ1v) is 8.15. The van der Waals surface area contributed by atoms with Crippen LogP contribution >= 0.6 is 0 Å². The number of carbonyl (C=O) groups excluding carboxylic acids is 1. The Morgan fingerprint density at radius 1 is 1.07 bits per heavy atom. The molecule has 9 heteroatoms. The lowest BCUT2D eigenvalue weighted by Crippen LogP contribution is -2.26. The van der Waals surface area contributed by atoms with Crippen LogP contribution in [0.15, 0.2) is 30.3 Å². The fourth-order valence-corrected chi connectivity index (χ4v) is 2.13. The average Bonchev–Trinajstić information content (AvgIpc) is 2.67. The molecule has 6 nitrogen and oxygen atoms in total. The van der Waals surface area contributed by atoms with Gasteiger partial charge in [0.25, 0.3) is 5.91 Å². The summed E-state index contributed by atoms with van der Waals surface area (Å²) in [6, 6.07) is 5.53. The van der Waals surface area contributed by atoms with Crippen LogP contribution in [0.25, 0.3) is 0 Å². The summed E-state index contributed by atoms with van der Waals surface area (Å²) >= 11 is 0. The molecule has 0 bridgehead atoms. The highest BCUT2D eigenvalue weighted by Crippen LogP contribution is 2.28. The largest absolute Gasteiger partial charge is 0.395 e. The lowest BCUT2D eigenvalue weighted by Gasteiger charge is -2.14. The quantitative estimate of drug-likeness (QED) is 0.329. The van der Waals surface area contributed by atoms with E-state index in [4.69, 9.17) is 10.2 Å². The van der Waals surface area contributed by atoms with Gasteiger partial charge in [-0.05, 0) is 30.3 Å². The molecule has 0 aliphatic carbocycles. The van der Waals surface area contributed by atoms with Crippen molar-refractivity contribution < 1.29 is 33.0 Å². The molecule has 0 heterocycles. The van der Waals surface area contributed by atoms with Gasteiger partial charge in [-0.15, -0.1) is 0 Å². The van der Waals surface area contributed by atoms with Gasteiger partial charge in [0.1, 0.15) is 5.82 Å². The van der Waals surface area contributed by atoms with Crippen molar-refractivity contribution in [1.29, 1.82) is 0 Å². The topological polar surface area (TPSA) is 90.8 Å². The van der Waals surface area contributed by atoms with Crippen molar-refractivity contribution >= 4 is 17.3 Å². The average molecular weight is 394 g/mol. The van der Waals surface area contributed by atoms with Crippen LogP contribution < -0.4 is 10.8 Å². The summed E-state index contributed by atoms with van der Waals surface area (Å²) in [4.78, 5) is 16.8. The number of nitrogens with one attached hydrogen (secondary N) is 2. The van der Waals surface area contributed by atoms with Gasteiger partial charge in [-0.1, -0.05) is 11.8 Å². The molecule has 148 valence electrons. The fourth-order valence-electron chi connectivity index (χ4n) is 2.13. The summed E-state index contributed by atoms with van der Waals surface area (Å²) in [5.74, 6) is 0.948. The normalized spacial score (nSPS) is 10.2. The Morgan fingerprint density at radius 2 is 1.86 bits per heavy atom. The predicted molar refractivity (Wildman–Crippen MR) is 95.1 cm³/mol. The van der Waals surface area contributed by atoms with E-state index in [0.29, 0.717) is 5.56 Å². The molecular weight excluding hydrogens is 377 g/mol. The van der Waals surface area contributed by atoms with Crippen molar-refractivity contribution in [1.82, 2.24) is 5.48 Å². The molecule has 2 aromatic carbocycles. The van der Waals surface area contributed by atoms with Crippen LogP contribution in [-0.2, 0) is 4.84 Å². The van der Waals surface area contributed by atoms with E-state index in [-0.39, 0.29) is 37.5 Å².